The number of carbonyl (C=O) groups excluding carboxylic acids is 1. The molecule has 0 saturated carbocycles. The zero-order valence-electron chi connectivity index (χ0n) is 11.9. The molecule has 0 aliphatic carbocycles. The van der Waals surface area contributed by atoms with Crippen LogP contribution in [-0.4, -0.2) is 31.2 Å². The first-order valence-electron chi connectivity index (χ1n) is 6.44. The average molecular weight is 244 g/mol. The summed E-state index contributed by atoms with van der Waals surface area (Å²) in [5.74, 6) is 0.426. The van der Waals surface area contributed by atoms with Gasteiger partial charge < -0.3 is 15.8 Å². The van der Waals surface area contributed by atoms with E-state index < -0.39 is 0 Å². The Morgan fingerprint density at radius 2 is 2.00 bits per heavy atom. The van der Waals surface area contributed by atoms with Crippen molar-refractivity contribution in [1.29, 1.82) is 0 Å². The van der Waals surface area contributed by atoms with Crippen LogP contribution in [0.4, 0.5) is 0 Å². The molecule has 4 heteroatoms. The Morgan fingerprint density at radius 1 is 1.41 bits per heavy atom. The molecule has 1 amide bonds. The van der Waals surface area contributed by atoms with Crippen LogP contribution in [0.15, 0.2) is 0 Å². The fourth-order valence-electron chi connectivity index (χ4n) is 1.77. The molecular weight excluding hydrogens is 216 g/mol. The van der Waals surface area contributed by atoms with Gasteiger partial charge in [-0.15, -0.1) is 0 Å². The quantitative estimate of drug-likeness (QED) is 0.680. The van der Waals surface area contributed by atoms with E-state index in [-0.39, 0.29) is 17.4 Å². The zero-order chi connectivity index (χ0) is 13.5. The second-order valence-corrected chi connectivity index (χ2v) is 5.47. The molecule has 0 aromatic rings. The summed E-state index contributed by atoms with van der Waals surface area (Å²) in [6.45, 7) is 11.7. The van der Waals surface area contributed by atoms with E-state index in [9.17, 15) is 4.79 Å². The van der Waals surface area contributed by atoms with Gasteiger partial charge in [0.05, 0.1) is 11.5 Å². The van der Waals surface area contributed by atoms with Gasteiger partial charge in [0.1, 0.15) is 0 Å². The van der Waals surface area contributed by atoms with Gasteiger partial charge in [0, 0.05) is 19.7 Å². The minimum Gasteiger partial charge on any atom is -0.374 e. The molecule has 0 aromatic heterocycles. The van der Waals surface area contributed by atoms with E-state index >= 15 is 0 Å². The molecule has 0 heterocycles. The van der Waals surface area contributed by atoms with E-state index in [0.717, 1.165) is 6.42 Å². The van der Waals surface area contributed by atoms with E-state index in [0.29, 0.717) is 25.6 Å². The van der Waals surface area contributed by atoms with Gasteiger partial charge >= 0.3 is 0 Å². The van der Waals surface area contributed by atoms with Crippen molar-refractivity contribution >= 4 is 5.91 Å². The van der Waals surface area contributed by atoms with Gasteiger partial charge in [0.2, 0.25) is 5.91 Å². The third-order valence-corrected chi connectivity index (χ3v) is 2.63. The Kier molecular flexibility index (Phi) is 7.39. The molecular formula is C13H28N2O2. The van der Waals surface area contributed by atoms with E-state index in [1.165, 1.54) is 0 Å². The van der Waals surface area contributed by atoms with Crippen molar-refractivity contribution in [3.63, 3.8) is 0 Å². The molecule has 3 N–H and O–H groups in total. The van der Waals surface area contributed by atoms with Gasteiger partial charge in [0.25, 0.3) is 0 Å². The van der Waals surface area contributed by atoms with Crippen LogP contribution in [0.5, 0.6) is 0 Å². The van der Waals surface area contributed by atoms with Crippen molar-refractivity contribution in [2.45, 2.75) is 46.6 Å². The summed E-state index contributed by atoms with van der Waals surface area (Å²) in [5, 5.41) is 2.92. The number of hydrogen-bond donors (Lipinski definition) is 2. The van der Waals surface area contributed by atoms with Crippen molar-refractivity contribution in [2.75, 3.05) is 19.7 Å². The Labute approximate surface area is 105 Å². The fraction of sp³-hybridized carbons (Fsp3) is 0.923. The largest absolute Gasteiger partial charge is 0.374 e. The molecule has 0 aromatic carbocycles. The number of amides is 1. The standard InChI is InChI=1S/C13H28N2O2/c1-6-17-13(4,5)9-15-12(16)11(8-14)7-10(2)3/h10-11H,6-9,14H2,1-5H3,(H,15,16). The Hall–Kier alpha value is -0.610. The minimum atomic E-state index is -0.318. The molecule has 0 bridgehead atoms. The summed E-state index contributed by atoms with van der Waals surface area (Å²) >= 11 is 0. The topological polar surface area (TPSA) is 64.3 Å². The molecule has 0 radical (unpaired) electrons. The van der Waals surface area contributed by atoms with Crippen LogP contribution in [-0.2, 0) is 9.53 Å². The highest BCUT2D eigenvalue weighted by Gasteiger charge is 2.22. The average Bonchev–Trinajstić information content (AvgIpc) is 2.22. The van der Waals surface area contributed by atoms with Gasteiger partial charge in [-0.2, -0.15) is 0 Å². The molecule has 4 nitrogen and oxygen atoms in total. The first-order valence-corrected chi connectivity index (χ1v) is 6.44. The van der Waals surface area contributed by atoms with Crippen molar-refractivity contribution in [2.24, 2.45) is 17.6 Å². The van der Waals surface area contributed by atoms with Crippen molar-refractivity contribution in [3.8, 4) is 0 Å². The maximum absolute atomic E-state index is 11.9. The van der Waals surface area contributed by atoms with Crippen LogP contribution < -0.4 is 11.1 Å². The van der Waals surface area contributed by atoms with Gasteiger partial charge in [-0.3, -0.25) is 4.79 Å². The summed E-state index contributed by atoms with van der Waals surface area (Å²) in [4.78, 5) is 11.9. The second-order valence-electron chi connectivity index (χ2n) is 5.47. The molecule has 0 fully saturated rings. The maximum Gasteiger partial charge on any atom is 0.224 e. The van der Waals surface area contributed by atoms with E-state index in [1.54, 1.807) is 0 Å². The number of rotatable bonds is 8. The van der Waals surface area contributed by atoms with Gasteiger partial charge in [-0.05, 0) is 33.1 Å². The summed E-state index contributed by atoms with van der Waals surface area (Å²) in [6.07, 6.45) is 0.831. The monoisotopic (exact) mass is 244 g/mol. The lowest BCUT2D eigenvalue weighted by atomic mass is 9.96. The van der Waals surface area contributed by atoms with Crippen LogP contribution in [0.25, 0.3) is 0 Å². The van der Waals surface area contributed by atoms with Crippen molar-refractivity contribution in [3.05, 3.63) is 0 Å². The van der Waals surface area contributed by atoms with E-state index in [1.807, 2.05) is 20.8 Å². The predicted octanol–water partition coefficient (Wildman–Crippen LogP) is 1.54. The summed E-state index contributed by atoms with van der Waals surface area (Å²) in [7, 11) is 0. The SMILES string of the molecule is CCOC(C)(C)CNC(=O)C(CN)CC(C)C. The number of nitrogens with one attached hydrogen (secondary N) is 1. The van der Waals surface area contributed by atoms with E-state index in [2.05, 4.69) is 19.2 Å². The van der Waals surface area contributed by atoms with Crippen LogP contribution in [0, 0.1) is 11.8 Å². The van der Waals surface area contributed by atoms with E-state index in [4.69, 9.17) is 10.5 Å². The number of carbonyl (C=O) groups is 1. The molecule has 0 rings (SSSR count). The van der Waals surface area contributed by atoms with Crippen LogP contribution in [0.2, 0.25) is 0 Å². The molecule has 0 aliphatic heterocycles. The summed E-state index contributed by atoms with van der Waals surface area (Å²) in [6, 6.07) is 0. The molecule has 0 saturated heterocycles. The molecule has 102 valence electrons. The van der Waals surface area contributed by atoms with Gasteiger partial charge in [-0.25, -0.2) is 0 Å². The first-order chi connectivity index (χ1) is 7.82. The lowest BCUT2D eigenvalue weighted by molar-refractivity contribution is -0.126. The van der Waals surface area contributed by atoms with Crippen LogP contribution in [0.3, 0.4) is 0 Å². The third-order valence-electron chi connectivity index (χ3n) is 2.63. The normalized spacial score (nSPS) is 13.8. The fourth-order valence-corrected chi connectivity index (χ4v) is 1.77. The number of hydrogen-bond acceptors (Lipinski definition) is 3. The molecule has 0 spiro atoms. The predicted molar refractivity (Wildman–Crippen MR) is 70.7 cm³/mol. The summed E-state index contributed by atoms with van der Waals surface area (Å²) in [5.41, 5.74) is 5.31. The Bertz CT molecular complexity index is 227. The number of nitrogens with two attached hydrogens (primary N) is 1. The summed E-state index contributed by atoms with van der Waals surface area (Å²) < 4.78 is 5.53. The smallest absolute Gasteiger partial charge is 0.224 e. The van der Waals surface area contributed by atoms with Crippen molar-refractivity contribution < 1.29 is 9.53 Å². The second kappa shape index (κ2) is 7.67. The Morgan fingerprint density at radius 3 is 2.41 bits per heavy atom. The van der Waals surface area contributed by atoms with Gasteiger partial charge in [-0.1, -0.05) is 13.8 Å². The highest BCUT2D eigenvalue weighted by atomic mass is 16.5. The maximum atomic E-state index is 11.9. The highest BCUT2D eigenvalue weighted by Crippen LogP contribution is 2.12. The van der Waals surface area contributed by atoms with Crippen LogP contribution in [0.1, 0.15) is 41.0 Å². The lowest BCUT2D eigenvalue weighted by Crippen LogP contribution is -2.44. The first kappa shape index (κ1) is 16.4. The molecule has 0 aliphatic rings. The minimum absolute atomic E-state index is 0.0361. The lowest BCUT2D eigenvalue weighted by Gasteiger charge is -2.26. The molecule has 1 atom stereocenters. The Balaban J connectivity index is 4.14. The zero-order valence-corrected chi connectivity index (χ0v) is 11.9. The third kappa shape index (κ3) is 7.34. The van der Waals surface area contributed by atoms with Gasteiger partial charge in [0.15, 0.2) is 0 Å². The van der Waals surface area contributed by atoms with Crippen LogP contribution >= 0.6 is 0 Å². The number of ether oxygens (including phenoxy) is 1. The highest BCUT2D eigenvalue weighted by molar-refractivity contribution is 5.78. The molecule has 17 heavy (non-hydrogen) atoms. The van der Waals surface area contributed by atoms with Crippen molar-refractivity contribution in [1.82, 2.24) is 5.32 Å². The molecule has 1 unspecified atom stereocenters.